The Balaban J connectivity index is 1.30. The summed E-state index contributed by atoms with van der Waals surface area (Å²) in [6.07, 6.45) is -4.85. The first-order valence-corrected chi connectivity index (χ1v) is 12.2. The van der Waals surface area contributed by atoms with E-state index in [-0.39, 0.29) is 29.8 Å². The summed E-state index contributed by atoms with van der Waals surface area (Å²) >= 11 is 0. The summed E-state index contributed by atoms with van der Waals surface area (Å²) < 4.78 is 17.1. The number of hydrogen-bond acceptors (Lipinski definition) is 9. The van der Waals surface area contributed by atoms with Crippen LogP contribution in [-0.4, -0.2) is 79.8 Å². The molecule has 1 amide bonds. The van der Waals surface area contributed by atoms with Gasteiger partial charge in [-0.15, -0.1) is 6.58 Å². The molecule has 0 aliphatic carbocycles. The van der Waals surface area contributed by atoms with Gasteiger partial charge in [-0.2, -0.15) is 0 Å². The van der Waals surface area contributed by atoms with Crippen LogP contribution in [0.3, 0.4) is 0 Å². The highest BCUT2D eigenvalue weighted by Crippen LogP contribution is 2.48. The smallest absolute Gasteiger partial charge is 0.254 e. The summed E-state index contributed by atoms with van der Waals surface area (Å²) in [5.74, 6) is -1.14. The summed E-state index contributed by atoms with van der Waals surface area (Å²) in [6.45, 7) is 3.51. The van der Waals surface area contributed by atoms with Crippen LogP contribution in [0.25, 0.3) is 10.9 Å². The standard InChI is InChI=1S/C26H28N2O9/c1-2-11-13-7-17-19-14(20(30)12-5-3-4-6-16(12)27-19)8-28(17)24(34)15(13)10-35-25(11)37-26-23(33)22(32)21(31)18(9-29)36-26/h2-6,10-11,13,17-18,21-23,25-26,29,31-33H,1,7-9H2,(H,27,30)/t11-,13+,17+,18-,21-,22+,23-,25+,26+/m0/s1. The molecule has 1 aromatic carbocycles. The van der Waals surface area contributed by atoms with Gasteiger partial charge in [-0.1, -0.05) is 18.2 Å². The van der Waals surface area contributed by atoms with Crippen molar-refractivity contribution >= 4 is 16.8 Å². The number of carbonyl (C=O) groups excluding carboxylic acids is 1. The first-order chi connectivity index (χ1) is 17.8. The molecule has 9 atom stereocenters. The third kappa shape index (κ3) is 3.65. The summed E-state index contributed by atoms with van der Waals surface area (Å²) in [5.41, 5.74) is 2.33. The van der Waals surface area contributed by atoms with E-state index in [1.165, 1.54) is 6.26 Å². The van der Waals surface area contributed by atoms with E-state index in [1.54, 1.807) is 23.1 Å². The predicted octanol–water partition coefficient (Wildman–Crippen LogP) is -0.210. The highest BCUT2D eigenvalue weighted by Gasteiger charge is 2.51. The predicted molar refractivity (Wildman–Crippen MR) is 127 cm³/mol. The van der Waals surface area contributed by atoms with Gasteiger partial charge >= 0.3 is 0 Å². The minimum atomic E-state index is -1.60. The van der Waals surface area contributed by atoms with E-state index < -0.39 is 49.5 Å². The number of para-hydroxylation sites is 1. The van der Waals surface area contributed by atoms with Crippen LogP contribution in [-0.2, 0) is 25.5 Å². The highest BCUT2D eigenvalue weighted by molar-refractivity contribution is 5.96. The monoisotopic (exact) mass is 512 g/mol. The van der Waals surface area contributed by atoms with Crippen molar-refractivity contribution in [3.8, 4) is 0 Å². The third-order valence-corrected chi connectivity index (χ3v) is 7.96. The van der Waals surface area contributed by atoms with Gasteiger partial charge in [-0.25, -0.2) is 0 Å². The number of hydrogen-bond donors (Lipinski definition) is 5. The lowest BCUT2D eigenvalue weighted by atomic mass is 9.76. The van der Waals surface area contributed by atoms with Gasteiger partial charge in [0, 0.05) is 34.0 Å². The van der Waals surface area contributed by atoms with E-state index in [1.807, 2.05) is 12.1 Å². The molecule has 2 aromatic rings. The number of amides is 1. The van der Waals surface area contributed by atoms with Crippen molar-refractivity contribution in [2.24, 2.45) is 11.8 Å². The number of aliphatic hydroxyl groups is 4. The second-order valence-electron chi connectivity index (χ2n) is 9.91. The molecule has 5 heterocycles. The lowest BCUT2D eigenvalue weighted by molar-refractivity contribution is -0.339. The van der Waals surface area contributed by atoms with Crippen molar-refractivity contribution in [3.05, 3.63) is 70.2 Å². The number of aliphatic hydroxyl groups excluding tert-OH is 4. The van der Waals surface area contributed by atoms with Crippen LogP contribution in [0.5, 0.6) is 0 Å². The van der Waals surface area contributed by atoms with E-state index >= 15 is 0 Å². The van der Waals surface area contributed by atoms with E-state index in [2.05, 4.69) is 11.6 Å². The maximum Gasteiger partial charge on any atom is 0.254 e. The van der Waals surface area contributed by atoms with Crippen molar-refractivity contribution < 1.29 is 39.4 Å². The second kappa shape index (κ2) is 9.05. The number of piperidine rings is 1. The van der Waals surface area contributed by atoms with Gasteiger partial charge < -0.3 is 44.5 Å². The number of aromatic nitrogens is 1. The number of H-pyrrole nitrogens is 1. The Kier molecular flexibility index (Phi) is 5.94. The zero-order chi connectivity index (χ0) is 26.0. The Morgan fingerprint density at radius 1 is 1.14 bits per heavy atom. The molecule has 196 valence electrons. The van der Waals surface area contributed by atoms with Crippen molar-refractivity contribution in [3.63, 3.8) is 0 Å². The SMILES string of the molecule is C=C[C@@H]1[C@@H](O[C@H]2O[C@@H](CO)[C@H](O)[C@@H](O)[C@@H]2O)OC=C2C(=O)N3Cc4c([nH]c5ccccc5c4=O)[C@H]3C[C@@H]21. The molecule has 0 radical (unpaired) electrons. The molecule has 0 bridgehead atoms. The number of aromatic amines is 1. The van der Waals surface area contributed by atoms with Gasteiger partial charge in [0.15, 0.2) is 11.7 Å². The van der Waals surface area contributed by atoms with E-state index in [4.69, 9.17) is 14.2 Å². The van der Waals surface area contributed by atoms with Crippen molar-refractivity contribution in [1.29, 1.82) is 0 Å². The van der Waals surface area contributed by atoms with Crippen LogP contribution in [0.4, 0.5) is 0 Å². The Morgan fingerprint density at radius 3 is 2.68 bits per heavy atom. The number of fused-ring (bicyclic) bond motifs is 5. The Morgan fingerprint density at radius 2 is 1.92 bits per heavy atom. The molecule has 4 aliphatic rings. The van der Waals surface area contributed by atoms with Gasteiger partial charge in [0.25, 0.3) is 5.91 Å². The van der Waals surface area contributed by atoms with Gasteiger partial charge in [-0.3, -0.25) is 9.59 Å². The fourth-order valence-electron chi connectivity index (χ4n) is 5.96. The highest BCUT2D eigenvalue weighted by atomic mass is 16.8. The molecular weight excluding hydrogens is 484 g/mol. The third-order valence-electron chi connectivity index (χ3n) is 7.96. The molecule has 37 heavy (non-hydrogen) atoms. The largest absolute Gasteiger partial charge is 0.471 e. The number of rotatable bonds is 4. The summed E-state index contributed by atoms with van der Waals surface area (Å²) in [5, 5.41) is 40.6. The van der Waals surface area contributed by atoms with Crippen LogP contribution < -0.4 is 5.43 Å². The zero-order valence-corrected chi connectivity index (χ0v) is 19.8. The van der Waals surface area contributed by atoms with E-state index in [0.29, 0.717) is 28.5 Å². The molecule has 4 aliphatic heterocycles. The summed E-state index contributed by atoms with van der Waals surface area (Å²) in [6, 6.07) is 6.89. The lowest BCUT2D eigenvalue weighted by Gasteiger charge is -2.45. The van der Waals surface area contributed by atoms with Gasteiger partial charge in [0.1, 0.15) is 24.4 Å². The Labute approximate surface area is 211 Å². The molecular formula is C26H28N2O9. The average molecular weight is 513 g/mol. The molecule has 1 aromatic heterocycles. The lowest BCUT2D eigenvalue weighted by Crippen LogP contribution is -2.60. The molecule has 0 unspecified atom stereocenters. The number of ether oxygens (including phenoxy) is 3. The molecule has 0 spiro atoms. The minimum absolute atomic E-state index is 0.0937. The van der Waals surface area contributed by atoms with E-state index in [9.17, 15) is 30.0 Å². The normalized spacial score (nSPS) is 36.9. The van der Waals surface area contributed by atoms with Crippen LogP contribution >= 0.6 is 0 Å². The fourth-order valence-corrected chi connectivity index (χ4v) is 5.96. The average Bonchev–Trinajstić information content (AvgIpc) is 3.28. The zero-order valence-electron chi connectivity index (χ0n) is 19.8. The number of pyridine rings is 1. The molecule has 6 rings (SSSR count). The molecule has 5 N–H and O–H groups in total. The quantitative estimate of drug-likeness (QED) is 0.349. The van der Waals surface area contributed by atoms with Crippen molar-refractivity contribution in [2.45, 2.75) is 56.0 Å². The molecule has 0 saturated carbocycles. The van der Waals surface area contributed by atoms with Crippen LogP contribution in [0.1, 0.15) is 23.7 Å². The second-order valence-corrected chi connectivity index (χ2v) is 9.91. The minimum Gasteiger partial charge on any atom is -0.471 e. The molecule has 2 saturated heterocycles. The first kappa shape index (κ1) is 24.3. The maximum absolute atomic E-state index is 13.5. The van der Waals surface area contributed by atoms with Gasteiger partial charge in [-0.05, 0) is 18.6 Å². The Bertz CT molecular complexity index is 1340. The van der Waals surface area contributed by atoms with Crippen molar-refractivity contribution in [1.82, 2.24) is 9.88 Å². The molecule has 11 nitrogen and oxygen atoms in total. The maximum atomic E-state index is 13.5. The summed E-state index contributed by atoms with van der Waals surface area (Å²) in [4.78, 5) is 31.7. The topological polar surface area (TPSA) is 162 Å². The van der Waals surface area contributed by atoms with Crippen LogP contribution in [0.2, 0.25) is 0 Å². The van der Waals surface area contributed by atoms with Gasteiger partial charge in [0.2, 0.25) is 6.29 Å². The van der Waals surface area contributed by atoms with Crippen LogP contribution in [0, 0.1) is 11.8 Å². The van der Waals surface area contributed by atoms with Gasteiger partial charge in [0.05, 0.1) is 31.0 Å². The molecule has 11 heteroatoms. The number of carbonyl (C=O) groups is 1. The first-order valence-electron chi connectivity index (χ1n) is 12.2. The number of nitrogens with one attached hydrogen (secondary N) is 1. The molecule has 2 fully saturated rings. The number of benzene rings is 1. The van der Waals surface area contributed by atoms with E-state index in [0.717, 1.165) is 5.69 Å². The summed E-state index contributed by atoms with van der Waals surface area (Å²) in [7, 11) is 0. The van der Waals surface area contributed by atoms with Crippen molar-refractivity contribution in [2.75, 3.05) is 6.61 Å². The van der Waals surface area contributed by atoms with Crippen LogP contribution in [0.15, 0.2) is 53.6 Å². The number of nitrogens with zero attached hydrogens (tertiary/aromatic N) is 1. The Hall–Kier alpha value is -3.06. The fraction of sp³-hybridized carbons (Fsp3) is 0.462.